The Morgan fingerprint density at radius 3 is 2.53 bits per heavy atom. The molecular formula is C22H23ClF3N5O3. The molecule has 2 amide bonds. The monoisotopic (exact) mass is 497 g/mol. The first kappa shape index (κ1) is 24.1. The Balaban J connectivity index is 1.64. The number of nitrogens with one attached hydrogen (secondary N) is 3. The van der Waals surface area contributed by atoms with Crippen molar-refractivity contribution >= 4 is 40.9 Å². The molecule has 12 heteroatoms. The summed E-state index contributed by atoms with van der Waals surface area (Å²) in [6.07, 6.45) is -4.01. The topological polar surface area (TPSA) is 107 Å². The van der Waals surface area contributed by atoms with Crippen LogP contribution >= 0.6 is 11.6 Å². The molecule has 182 valence electrons. The summed E-state index contributed by atoms with van der Waals surface area (Å²) in [7, 11) is 0. The summed E-state index contributed by atoms with van der Waals surface area (Å²) >= 11 is 5.63. The Labute approximate surface area is 197 Å². The van der Waals surface area contributed by atoms with Crippen LogP contribution in [0, 0.1) is 11.8 Å². The van der Waals surface area contributed by atoms with Crippen molar-refractivity contribution in [1.29, 1.82) is 0 Å². The molecule has 2 aliphatic rings. The minimum absolute atomic E-state index is 0.0203. The van der Waals surface area contributed by atoms with Gasteiger partial charge in [0.1, 0.15) is 5.82 Å². The number of H-pyrrole nitrogens is 1. The number of alkyl halides is 3. The van der Waals surface area contributed by atoms with Crippen molar-refractivity contribution in [3.05, 3.63) is 44.7 Å². The molecule has 1 aromatic heterocycles. The van der Waals surface area contributed by atoms with Crippen LogP contribution in [-0.2, 0) is 15.8 Å². The van der Waals surface area contributed by atoms with Crippen molar-refractivity contribution in [3.63, 3.8) is 0 Å². The zero-order valence-corrected chi connectivity index (χ0v) is 19.2. The Hall–Kier alpha value is -3.08. The van der Waals surface area contributed by atoms with E-state index in [0.717, 1.165) is 12.5 Å². The lowest BCUT2D eigenvalue weighted by molar-refractivity contribution is -0.137. The van der Waals surface area contributed by atoms with Gasteiger partial charge in [0.2, 0.25) is 17.8 Å². The van der Waals surface area contributed by atoms with E-state index >= 15 is 0 Å². The first-order valence-electron chi connectivity index (χ1n) is 10.8. The van der Waals surface area contributed by atoms with Crippen molar-refractivity contribution in [2.24, 2.45) is 11.8 Å². The predicted octanol–water partition coefficient (Wildman–Crippen LogP) is 3.99. The number of benzene rings is 1. The molecule has 0 spiro atoms. The molecule has 4 rings (SSSR count). The lowest BCUT2D eigenvalue weighted by Gasteiger charge is -2.35. The van der Waals surface area contributed by atoms with Crippen LogP contribution in [0.4, 0.5) is 30.6 Å². The van der Waals surface area contributed by atoms with Gasteiger partial charge in [0, 0.05) is 25.2 Å². The van der Waals surface area contributed by atoms with Crippen LogP contribution in [0.15, 0.2) is 23.0 Å². The molecule has 1 saturated heterocycles. The van der Waals surface area contributed by atoms with Crippen LogP contribution in [0.3, 0.4) is 0 Å². The molecule has 0 unspecified atom stereocenters. The van der Waals surface area contributed by atoms with Crippen molar-refractivity contribution < 1.29 is 22.8 Å². The molecule has 8 nitrogen and oxygen atoms in total. The Morgan fingerprint density at radius 1 is 1.21 bits per heavy atom. The maximum Gasteiger partial charge on any atom is 0.417 e. The number of aromatic nitrogens is 2. The van der Waals surface area contributed by atoms with Gasteiger partial charge in [-0.2, -0.15) is 18.2 Å². The lowest BCUT2D eigenvalue weighted by atomic mass is 9.91. The highest BCUT2D eigenvalue weighted by Crippen LogP contribution is 2.37. The third-order valence-corrected chi connectivity index (χ3v) is 6.29. The number of hydrogen-bond acceptors (Lipinski definition) is 5. The van der Waals surface area contributed by atoms with Gasteiger partial charge in [0.05, 0.1) is 22.1 Å². The number of anilines is 3. The van der Waals surface area contributed by atoms with Gasteiger partial charge >= 0.3 is 6.18 Å². The Morgan fingerprint density at radius 2 is 1.88 bits per heavy atom. The van der Waals surface area contributed by atoms with E-state index in [1.807, 2.05) is 4.90 Å². The van der Waals surface area contributed by atoms with Crippen LogP contribution in [0.5, 0.6) is 0 Å². The van der Waals surface area contributed by atoms with Crippen molar-refractivity contribution in [2.75, 3.05) is 28.6 Å². The van der Waals surface area contributed by atoms with Gasteiger partial charge in [-0.15, -0.1) is 0 Å². The standard InChI is InChI=1S/C22H23ClF3N5O3/c1-10-5-11(2)9-31(8-10)21-29-18-17(20(34)30-21)13(7-16(32)28-18)19(33)27-12-3-4-15(23)14(6-12)22(24,25)26/h3-4,6,10-11,13H,5,7-9H2,1-2H3,(H,27,33)(H2,28,29,30,32,34)/t10-,11+,13-/m1/s1. The summed E-state index contributed by atoms with van der Waals surface area (Å²) in [6, 6.07) is 2.93. The van der Waals surface area contributed by atoms with Gasteiger partial charge in [0.25, 0.3) is 5.56 Å². The van der Waals surface area contributed by atoms with E-state index in [-0.39, 0.29) is 23.5 Å². The average Bonchev–Trinajstić information content (AvgIpc) is 2.72. The van der Waals surface area contributed by atoms with E-state index in [1.54, 1.807) is 0 Å². The largest absolute Gasteiger partial charge is 0.417 e. The van der Waals surface area contributed by atoms with Crippen molar-refractivity contribution in [3.8, 4) is 0 Å². The summed E-state index contributed by atoms with van der Waals surface area (Å²) < 4.78 is 39.5. The van der Waals surface area contributed by atoms with Gasteiger partial charge < -0.3 is 15.5 Å². The van der Waals surface area contributed by atoms with E-state index in [9.17, 15) is 27.6 Å². The maximum absolute atomic E-state index is 13.2. The second-order valence-electron chi connectivity index (χ2n) is 8.99. The molecule has 2 aromatic rings. The number of carbonyl (C=O) groups excluding carboxylic acids is 2. The molecule has 1 fully saturated rings. The van der Waals surface area contributed by atoms with Crippen molar-refractivity contribution in [2.45, 2.75) is 38.8 Å². The highest BCUT2D eigenvalue weighted by atomic mass is 35.5. The number of rotatable bonds is 3. The zero-order valence-electron chi connectivity index (χ0n) is 18.4. The minimum atomic E-state index is -4.71. The molecule has 1 aromatic carbocycles. The van der Waals surface area contributed by atoms with Crippen LogP contribution in [0.2, 0.25) is 5.02 Å². The van der Waals surface area contributed by atoms with Gasteiger partial charge in [-0.05, 0) is 36.5 Å². The van der Waals surface area contributed by atoms with E-state index in [0.29, 0.717) is 36.9 Å². The van der Waals surface area contributed by atoms with E-state index in [1.165, 1.54) is 6.07 Å². The van der Waals surface area contributed by atoms with Crippen molar-refractivity contribution in [1.82, 2.24) is 9.97 Å². The number of piperidine rings is 1. The van der Waals surface area contributed by atoms with Gasteiger partial charge in [0.15, 0.2) is 0 Å². The molecule has 3 heterocycles. The summed E-state index contributed by atoms with van der Waals surface area (Å²) in [5, 5.41) is 4.39. The molecular weight excluding hydrogens is 475 g/mol. The highest BCUT2D eigenvalue weighted by molar-refractivity contribution is 6.31. The molecule has 34 heavy (non-hydrogen) atoms. The van der Waals surface area contributed by atoms with Crippen LogP contribution in [-0.4, -0.2) is 34.9 Å². The average molecular weight is 498 g/mol. The van der Waals surface area contributed by atoms with Crippen LogP contribution in [0.1, 0.15) is 43.7 Å². The second-order valence-corrected chi connectivity index (χ2v) is 9.40. The highest BCUT2D eigenvalue weighted by Gasteiger charge is 2.37. The third-order valence-electron chi connectivity index (χ3n) is 5.96. The molecule has 0 bridgehead atoms. The Bertz CT molecular complexity index is 1190. The first-order valence-corrected chi connectivity index (χ1v) is 11.2. The number of aromatic amines is 1. The summed E-state index contributed by atoms with van der Waals surface area (Å²) in [5.74, 6) is -1.49. The first-order chi connectivity index (χ1) is 15.9. The fourth-order valence-electron chi connectivity index (χ4n) is 4.62. The normalized spacial score (nSPS) is 22.7. The number of nitrogens with zero attached hydrogens (tertiary/aromatic N) is 2. The lowest BCUT2D eigenvalue weighted by Crippen LogP contribution is -2.42. The van der Waals surface area contributed by atoms with Crippen LogP contribution in [0.25, 0.3) is 0 Å². The number of fused-ring (bicyclic) bond motifs is 1. The molecule has 0 saturated carbocycles. The van der Waals surface area contributed by atoms with E-state index in [4.69, 9.17) is 11.6 Å². The summed E-state index contributed by atoms with van der Waals surface area (Å²) in [5.41, 5.74) is -1.89. The number of hydrogen-bond donors (Lipinski definition) is 3. The second kappa shape index (κ2) is 8.94. The summed E-state index contributed by atoms with van der Waals surface area (Å²) in [6.45, 7) is 5.56. The molecule has 2 aliphatic heterocycles. The predicted molar refractivity (Wildman–Crippen MR) is 121 cm³/mol. The van der Waals surface area contributed by atoms with Gasteiger partial charge in [-0.3, -0.25) is 19.4 Å². The maximum atomic E-state index is 13.2. The smallest absolute Gasteiger partial charge is 0.342 e. The number of halogens is 4. The molecule has 0 radical (unpaired) electrons. The van der Waals surface area contributed by atoms with Gasteiger partial charge in [-0.25, -0.2) is 0 Å². The van der Waals surface area contributed by atoms with Crippen LogP contribution < -0.4 is 21.1 Å². The quantitative estimate of drug-likeness (QED) is 0.594. The third kappa shape index (κ3) is 4.89. The summed E-state index contributed by atoms with van der Waals surface area (Å²) in [4.78, 5) is 47.3. The fraction of sp³-hybridized carbons (Fsp3) is 0.455. The zero-order chi connectivity index (χ0) is 24.8. The number of amides is 2. The van der Waals surface area contributed by atoms with E-state index in [2.05, 4.69) is 34.4 Å². The molecule has 0 aliphatic carbocycles. The van der Waals surface area contributed by atoms with E-state index < -0.39 is 40.1 Å². The SMILES string of the molecule is C[C@@H]1C[C@H](C)CN(c2nc3c(c(=O)[nH]2)[C@H](C(=O)Nc2ccc(Cl)c(C(F)(F)F)c2)CC(=O)N3)C1. The number of carbonyl (C=O) groups is 2. The minimum Gasteiger partial charge on any atom is -0.342 e. The van der Waals surface area contributed by atoms with Gasteiger partial charge in [-0.1, -0.05) is 25.4 Å². The fourth-order valence-corrected chi connectivity index (χ4v) is 4.84. The molecule has 3 atom stereocenters. The Kier molecular flexibility index (Phi) is 6.32. The molecule has 3 N–H and O–H groups in total.